The molecule has 2 N–H and O–H groups in total. The second-order valence-corrected chi connectivity index (χ2v) is 0. The molecular weight excluding hydrogens is 129 g/mol. The molecule has 0 atom stereocenters. The molecule has 0 aromatic rings. The fourth-order valence-corrected chi connectivity index (χ4v) is 0. The van der Waals surface area contributed by atoms with Gasteiger partial charge in [0.15, 0.2) is 0 Å². The van der Waals surface area contributed by atoms with Crippen LogP contribution in [0.1, 0.15) is 7.43 Å². The van der Waals surface area contributed by atoms with E-state index in [1.54, 1.807) is 0 Å². The second-order valence-electron chi connectivity index (χ2n) is 0. The van der Waals surface area contributed by atoms with Crippen molar-refractivity contribution < 1.29 is 25.0 Å². The first-order valence-electron chi connectivity index (χ1n) is 0. The van der Waals surface area contributed by atoms with Gasteiger partial charge in [0.25, 0.3) is 0 Å². The average molecular weight is 136 g/mol. The van der Waals surface area contributed by atoms with Crippen molar-refractivity contribution in [1.29, 1.82) is 0 Å². The molecule has 0 unspecified atom stereocenters. The van der Waals surface area contributed by atoms with Gasteiger partial charge in [-0.05, 0) is 0 Å². The van der Waals surface area contributed by atoms with Gasteiger partial charge in [0.05, 0.1) is 0 Å². The van der Waals surface area contributed by atoms with Crippen LogP contribution in [0.2, 0.25) is 0 Å². The minimum absolute atomic E-state index is 0. The van der Waals surface area contributed by atoms with Gasteiger partial charge >= 0.3 is 0 Å². The molecule has 0 rings (SSSR count). The number of hydrogen-bond donors (Lipinski definition) is 0. The van der Waals surface area contributed by atoms with Crippen molar-refractivity contribution in [2.75, 3.05) is 0 Å². The Hall–Kier alpha value is 0.873. The van der Waals surface area contributed by atoms with Crippen molar-refractivity contribution in [3.05, 3.63) is 0 Å². The number of rotatable bonds is 0. The summed E-state index contributed by atoms with van der Waals surface area (Å²) >= 11 is 0. The van der Waals surface area contributed by atoms with Gasteiger partial charge in [0.1, 0.15) is 0 Å². The second kappa shape index (κ2) is 41.9. The maximum absolute atomic E-state index is 0. The van der Waals surface area contributed by atoms with E-state index < -0.39 is 0 Å². The van der Waals surface area contributed by atoms with E-state index >= 15 is 0 Å². The smallest absolute Gasteiger partial charge is 0 e. The zero-order valence-corrected chi connectivity index (χ0v) is 5.40. The SMILES string of the molecule is C.Cl.O.[Zn]. The van der Waals surface area contributed by atoms with Crippen LogP contribution < -0.4 is 0 Å². The van der Waals surface area contributed by atoms with Crippen LogP contribution in [-0.2, 0) is 19.5 Å². The third-order valence-electron chi connectivity index (χ3n) is 0. The molecule has 0 bridgehead atoms. The Bertz CT molecular complexity index is 8.00. The normalized spacial score (nSPS) is 0. The molecular formula is CH7ClOZn. The Morgan fingerprint density at radius 3 is 1.00 bits per heavy atom. The summed E-state index contributed by atoms with van der Waals surface area (Å²) < 4.78 is 0. The summed E-state index contributed by atoms with van der Waals surface area (Å²) in [5.41, 5.74) is 0. The van der Waals surface area contributed by atoms with E-state index in [1.807, 2.05) is 0 Å². The summed E-state index contributed by atoms with van der Waals surface area (Å²) in [4.78, 5) is 0. The van der Waals surface area contributed by atoms with E-state index in [1.165, 1.54) is 0 Å². The predicted molar refractivity (Wildman–Crippen MR) is 17.6 cm³/mol. The molecule has 0 aliphatic carbocycles. The first-order chi connectivity index (χ1) is 0. The van der Waals surface area contributed by atoms with E-state index in [4.69, 9.17) is 0 Å². The van der Waals surface area contributed by atoms with Crippen LogP contribution in [0, 0.1) is 0 Å². The van der Waals surface area contributed by atoms with Crippen LogP contribution >= 0.6 is 12.4 Å². The summed E-state index contributed by atoms with van der Waals surface area (Å²) in [7, 11) is 0. The van der Waals surface area contributed by atoms with Crippen molar-refractivity contribution in [3.63, 3.8) is 0 Å². The van der Waals surface area contributed by atoms with E-state index in [0.29, 0.717) is 0 Å². The van der Waals surface area contributed by atoms with Gasteiger partial charge in [0.2, 0.25) is 0 Å². The molecule has 3 heteroatoms. The molecule has 0 spiro atoms. The fourth-order valence-electron chi connectivity index (χ4n) is 0. The summed E-state index contributed by atoms with van der Waals surface area (Å²) in [6, 6.07) is 0. The molecule has 26 valence electrons. The van der Waals surface area contributed by atoms with Gasteiger partial charge in [-0.15, -0.1) is 12.4 Å². The van der Waals surface area contributed by atoms with Crippen molar-refractivity contribution in [2.45, 2.75) is 7.43 Å². The Kier molecular flexibility index (Phi) is 1000. The molecule has 0 aromatic heterocycles. The van der Waals surface area contributed by atoms with Crippen LogP contribution in [0.5, 0.6) is 0 Å². The topological polar surface area (TPSA) is 31.5 Å². The number of halogens is 1. The van der Waals surface area contributed by atoms with Gasteiger partial charge in [0, 0.05) is 19.5 Å². The van der Waals surface area contributed by atoms with E-state index in [2.05, 4.69) is 0 Å². The van der Waals surface area contributed by atoms with Gasteiger partial charge in [-0.2, -0.15) is 0 Å². The Labute approximate surface area is 45.3 Å². The third kappa shape index (κ3) is 13.2. The van der Waals surface area contributed by atoms with Crippen molar-refractivity contribution in [2.24, 2.45) is 0 Å². The van der Waals surface area contributed by atoms with Crippen LogP contribution in [0.4, 0.5) is 0 Å². The molecule has 0 aliphatic heterocycles. The zero-order chi connectivity index (χ0) is 0. The molecule has 4 heavy (non-hydrogen) atoms. The average Bonchev–Trinajstić information content (AvgIpc) is 0. The van der Waals surface area contributed by atoms with Crippen molar-refractivity contribution in [3.8, 4) is 0 Å². The molecule has 0 heterocycles. The molecule has 0 aliphatic rings. The Balaban J connectivity index is 0. The standard InChI is InChI=1S/CH4.ClH.H2O.Zn/h1H4;1H;1H2;. The van der Waals surface area contributed by atoms with Crippen molar-refractivity contribution in [1.82, 2.24) is 0 Å². The van der Waals surface area contributed by atoms with Gasteiger partial charge < -0.3 is 5.48 Å². The van der Waals surface area contributed by atoms with Crippen LogP contribution in [0.25, 0.3) is 0 Å². The molecule has 0 saturated carbocycles. The van der Waals surface area contributed by atoms with E-state index in [0.717, 1.165) is 0 Å². The quantitative estimate of drug-likeness (QED) is 0.427. The molecule has 0 fully saturated rings. The zero-order valence-electron chi connectivity index (χ0n) is 1.62. The first kappa shape index (κ1) is 95.9. The summed E-state index contributed by atoms with van der Waals surface area (Å²) in [5, 5.41) is 0. The van der Waals surface area contributed by atoms with E-state index in [9.17, 15) is 0 Å². The van der Waals surface area contributed by atoms with Crippen LogP contribution in [-0.4, -0.2) is 5.48 Å². The molecule has 0 saturated heterocycles. The fraction of sp³-hybridized carbons (Fsp3) is 1.00. The molecule has 1 nitrogen and oxygen atoms in total. The Morgan fingerprint density at radius 1 is 1.00 bits per heavy atom. The maximum atomic E-state index is 0. The summed E-state index contributed by atoms with van der Waals surface area (Å²) in [6.07, 6.45) is 0. The monoisotopic (exact) mass is 134 g/mol. The van der Waals surface area contributed by atoms with E-state index in [-0.39, 0.29) is 44.8 Å². The predicted octanol–water partition coefficient (Wildman–Crippen LogP) is 0.231. The Morgan fingerprint density at radius 2 is 1.00 bits per heavy atom. The van der Waals surface area contributed by atoms with Gasteiger partial charge in [-0.1, -0.05) is 7.43 Å². The molecule has 0 amide bonds. The third-order valence-corrected chi connectivity index (χ3v) is 0. The van der Waals surface area contributed by atoms with Gasteiger partial charge in [-0.25, -0.2) is 0 Å². The maximum Gasteiger partial charge on any atom is 0 e. The number of hydrogen-bond acceptors (Lipinski definition) is 0. The van der Waals surface area contributed by atoms with Gasteiger partial charge in [-0.3, -0.25) is 0 Å². The van der Waals surface area contributed by atoms with Crippen molar-refractivity contribution >= 4 is 12.4 Å². The van der Waals surface area contributed by atoms with Crippen LogP contribution in [0.3, 0.4) is 0 Å². The molecule has 0 aromatic carbocycles. The first-order valence-corrected chi connectivity index (χ1v) is 0. The summed E-state index contributed by atoms with van der Waals surface area (Å²) in [5.74, 6) is 0. The minimum atomic E-state index is 0. The summed E-state index contributed by atoms with van der Waals surface area (Å²) in [6.45, 7) is 0. The molecule has 0 radical (unpaired) electrons. The minimum Gasteiger partial charge on any atom is -0.412 e. The van der Waals surface area contributed by atoms with Crippen LogP contribution in [0.15, 0.2) is 0 Å². The largest absolute Gasteiger partial charge is 0.412 e.